The number of piperidine rings is 1. The van der Waals surface area contributed by atoms with E-state index in [1.807, 2.05) is 71.3 Å². The number of hydrogen-bond acceptors (Lipinski definition) is 6. The molecule has 0 bridgehead atoms. The highest BCUT2D eigenvalue weighted by atomic mass is 16.7. The van der Waals surface area contributed by atoms with Crippen LogP contribution >= 0.6 is 0 Å². The fourth-order valence-electron chi connectivity index (χ4n) is 7.03. The van der Waals surface area contributed by atoms with Gasteiger partial charge in [0.25, 0.3) is 0 Å². The van der Waals surface area contributed by atoms with Crippen LogP contribution in [-0.4, -0.2) is 45.3 Å². The van der Waals surface area contributed by atoms with E-state index in [0.717, 1.165) is 71.3 Å². The lowest BCUT2D eigenvalue weighted by Gasteiger charge is -2.45. The zero-order valence-corrected chi connectivity index (χ0v) is 25.3. The van der Waals surface area contributed by atoms with Crippen molar-refractivity contribution in [2.45, 2.75) is 56.5 Å². The minimum atomic E-state index is -0.549. The molecule has 232 valence electrons. The summed E-state index contributed by atoms with van der Waals surface area (Å²) < 4.78 is 15.7. The van der Waals surface area contributed by atoms with E-state index in [1.165, 1.54) is 0 Å². The number of ether oxygens (including phenoxy) is 2. The van der Waals surface area contributed by atoms with Gasteiger partial charge < -0.3 is 30.2 Å². The van der Waals surface area contributed by atoms with Crippen molar-refractivity contribution >= 4 is 11.0 Å². The first kappa shape index (κ1) is 29.6. The Morgan fingerprint density at radius 1 is 0.778 bits per heavy atom. The largest absolute Gasteiger partial charge is 0.392 e. The smallest absolute Gasteiger partial charge is 0.326 e. The average molecular weight is 605 g/mol. The molecule has 0 amide bonds. The molecule has 2 saturated heterocycles. The Morgan fingerprint density at radius 2 is 1.44 bits per heavy atom. The van der Waals surface area contributed by atoms with Crippen LogP contribution in [-0.2, 0) is 22.6 Å². The van der Waals surface area contributed by atoms with Crippen molar-refractivity contribution in [2.75, 3.05) is 19.6 Å². The first-order chi connectivity index (χ1) is 22.1. The molecule has 4 atom stereocenters. The van der Waals surface area contributed by atoms with Crippen LogP contribution in [0, 0.1) is 0 Å². The number of benzene rings is 4. The van der Waals surface area contributed by atoms with Crippen molar-refractivity contribution in [2.24, 2.45) is 5.73 Å². The monoisotopic (exact) mass is 604 g/mol. The molecule has 2 aliphatic rings. The molecule has 1 aromatic heterocycles. The molecule has 4 aromatic carbocycles. The number of nitrogens with two attached hydrogens (primary N) is 1. The number of nitrogens with zero attached hydrogens (tertiary/aromatic N) is 2. The number of aromatic nitrogens is 2. The summed E-state index contributed by atoms with van der Waals surface area (Å²) in [5.41, 5.74) is 12.8. The van der Waals surface area contributed by atoms with Crippen LogP contribution in [0.25, 0.3) is 11.0 Å². The lowest BCUT2D eigenvalue weighted by Crippen LogP contribution is -2.47. The lowest BCUT2D eigenvalue weighted by atomic mass is 9.83. The number of nitrogens with one attached hydrogen (secondary N) is 1. The number of aliphatic hydroxyl groups excluding tert-OH is 1. The standard InChI is InChI=1S/C37H40N4O4/c38-22-25-10-16-29(17-11-25)36-44-33(23-40-20-18-30(19-21-40)41-32-9-5-4-8-31(32)39-37(41)43)34(27-6-2-1-3-7-27)35(45-36)28-14-12-26(24-42)13-15-28/h1-17,30,33-36,42H,18-24,38H2,(H,39,43). The van der Waals surface area contributed by atoms with E-state index in [0.29, 0.717) is 6.54 Å². The third-order valence-corrected chi connectivity index (χ3v) is 9.44. The number of aliphatic hydroxyl groups is 1. The summed E-state index contributed by atoms with van der Waals surface area (Å²) in [7, 11) is 0. The van der Waals surface area contributed by atoms with Crippen LogP contribution in [0.1, 0.15) is 65.0 Å². The van der Waals surface area contributed by atoms with Crippen LogP contribution in [0.15, 0.2) is 108 Å². The molecule has 0 saturated carbocycles. The van der Waals surface area contributed by atoms with Gasteiger partial charge in [-0.25, -0.2) is 4.79 Å². The first-order valence-corrected chi connectivity index (χ1v) is 15.9. The van der Waals surface area contributed by atoms with E-state index in [4.69, 9.17) is 15.2 Å². The quantitative estimate of drug-likeness (QED) is 0.214. The molecule has 0 spiro atoms. The van der Waals surface area contributed by atoms with Gasteiger partial charge >= 0.3 is 5.69 Å². The topological polar surface area (TPSA) is 106 Å². The van der Waals surface area contributed by atoms with Crippen molar-refractivity contribution in [3.8, 4) is 0 Å². The number of rotatable bonds is 8. The van der Waals surface area contributed by atoms with Crippen molar-refractivity contribution in [1.29, 1.82) is 0 Å². The lowest BCUT2D eigenvalue weighted by molar-refractivity contribution is -0.264. The van der Waals surface area contributed by atoms with Gasteiger partial charge in [-0.2, -0.15) is 0 Å². The fraction of sp³-hybridized carbons (Fsp3) is 0.324. The van der Waals surface area contributed by atoms with Crippen molar-refractivity contribution in [1.82, 2.24) is 14.5 Å². The van der Waals surface area contributed by atoms with Crippen molar-refractivity contribution < 1.29 is 14.6 Å². The Hall–Kier alpha value is -4.05. The maximum atomic E-state index is 12.9. The molecule has 7 rings (SSSR count). The fourth-order valence-corrected chi connectivity index (χ4v) is 7.03. The van der Waals surface area contributed by atoms with Gasteiger partial charge in [-0.3, -0.25) is 4.57 Å². The van der Waals surface area contributed by atoms with E-state index in [9.17, 15) is 9.90 Å². The number of para-hydroxylation sites is 2. The summed E-state index contributed by atoms with van der Waals surface area (Å²) in [5.74, 6) is -0.0558. The van der Waals surface area contributed by atoms with Crippen LogP contribution in [0.2, 0.25) is 0 Å². The summed E-state index contributed by atoms with van der Waals surface area (Å²) >= 11 is 0. The zero-order valence-electron chi connectivity index (χ0n) is 25.3. The van der Waals surface area contributed by atoms with Crippen molar-refractivity contribution in [3.63, 3.8) is 0 Å². The second-order valence-corrected chi connectivity index (χ2v) is 12.2. The molecular formula is C37H40N4O4. The molecule has 2 fully saturated rings. The average Bonchev–Trinajstić information content (AvgIpc) is 3.44. The van der Waals surface area contributed by atoms with E-state index in [1.54, 1.807) is 0 Å². The van der Waals surface area contributed by atoms with Gasteiger partial charge in [0.05, 0.1) is 29.8 Å². The molecule has 4 unspecified atom stereocenters. The van der Waals surface area contributed by atoms with Crippen LogP contribution in [0.4, 0.5) is 0 Å². The summed E-state index contributed by atoms with van der Waals surface area (Å²) in [5, 5.41) is 9.69. The number of H-pyrrole nitrogens is 1. The SMILES string of the molecule is NCc1ccc(C2OC(CN3CCC(n4c(=O)[nH]c5ccccc54)CC3)C(c3ccccc3)C(c3ccc(CO)cc3)O2)cc1. The predicted molar refractivity (Wildman–Crippen MR) is 175 cm³/mol. The third kappa shape index (κ3) is 6.12. The Bertz CT molecular complexity index is 1760. The molecule has 4 N–H and O–H groups in total. The van der Waals surface area contributed by atoms with Gasteiger partial charge in [0.1, 0.15) is 0 Å². The second kappa shape index (κ2) is 13.1. The maximum Gasteiger partial charge on any atom is 0.326 e. The third-order valence-electron chi connectivity index (χ3n) is 9.44. The Labute approximate surface area is 263 Å². The second-order valence-electron chi connectivity index (χ2n) is 12.2. The predicted octanol–water partition coefficient (Wildman–Crippen LogP) is 5.56. The van der Waals surface area contributed by atoms with Gasteiger partial charge in [0.2, 0.25) is 0 Å². The molecule has 2 aliphatic heterocycles. The molecule has 3 heterocycles. The normalized spacial score (nSPS) is 23.0. The first-order valence-electron chi connectivity index (χ1n) is 15.9. The highest BCUT2D eigenvalue weighted by Gasteiger charge is 2.43. The minimum Gasteiger partial charge on any atom is -0.392 e. The van der Waals surface area contributed by atoms with Gasteiger partial charge in [-0.1, -0.05) is 91.0 Å². The van der Waals surface area contributed by atoms with E-state index >= 15 is 0 Å². The molecule has 0 radical (unpaired) electrons. The van der Waals surface area contributed by atoms with Crippen LogP contribution < -0.4 is 11.4 Å². The number of fused-ring (bicyclic) bond motifs is 1. The molecule has 45 heavy (non-hydrogen) atoms. The highest BCUT2D eigenvalue weighted by Crippen LogP contribution is 2.47. The van der Waals surface area contributed by atoms with E-state index < -0.39 is 6.29 Å². The van der Waals surface area contributed by atoms with Crippen molar-refractivity contribution in [3.05, 3.63) is 141 Å². The van der Waals surface area contributed by atoms with E-state index in [-0.39, 0.29) is 36.5 Å². The summed E-state index contributed by atoms with van der Waals surface area (Å²) in [6, 6.07) is 34.8. The van der Waals surface area contributed by atoms with Gasteiger partial charge in [0, 0.05) is 43.7 Å². The Morgan fingerprint density at radius 3 is 2.16 bits per heavy atom. The summed E-state index contributed by atoms with van der Waals surface area (Å²) in [6.07, 6.45) is 0.802. The molecule has 8 heteroatoms. The Kier molecular flexibility index (Phi) is 8.65. The number of likely N-dealkylation sites (tertiary alicyclic amines) is 1. The minimum absolute atomic E-state index is 0.00357. The summed E-state index contributed by atoms with van der Waals surface area (Å²) in [4.78, 5) is 18.4. The van der Waals surface area contributed by atoms with Gasteiger partial charge in [-0.05, 0) is 47.2 Å². The summed E-state index contributed by atoms with van der Waals surface area (Å²) in [6.45, 7) is 2.94. The van der Waals surface area contributed by atoms with Gasteiger partial charge in [-0.15, -0.1) is 0 Å². The van der Waals surface area contributed by atoms with Crippen LogP contribution in [0.3, 0.4) is 0 Å². The maximum absolute atomic E-state index is 12.9. The Balaban J connectivity index is 1.18. The number of hydrogen-bond donors (Lipinski definition) is 3. The number of imidazole rings is 1. The van der Waals surface area contributed by atoms with Gasteiger partial charge in [0.15, 0.2) is 6.29 Å². The molecular weight excluding hydrogens is 564 g/mol. The van der Waals surface area contributed by atoms with E-state index in [2.05, 4.69) is 46.3 Å². The molecule has 5 aromatic rings. The highest BCUT2D eigenvalue weighted by molar-refractivity contribution is 5.75. The zero-order chi connectivity index (χ0) is 30.8. The number of aromatic amines is 1. The molecule has 0 aliphatic carbocycles. The molecule has 8 nitrogen and oxygen atoms in total. The van der Waals surface area contributed by atoms with Crippen LogP contribution in [0.5, 0.6) is 0 Å².